The molecule has 0 radical (unpaired) electrons. The van der Waals surface area contributed by atoms with Gasteiger partial charge >= 0.3 is 0 Å². The Labute approximate surface area is 81.3 Å². The van der Waals surface area contributed by atoms with Crippen molar-refractivity contribution in [3.63, 3.8) is 0 Å². The van der Waals surface area contributed by atoms with Gasteiger partial charge in [-0.2, -0.15) is 0 Å². The highest BCUT2D eigenvalue weighted by Gasteiger charge is 2.41. The number of methoxy groups -OCH3 is 1. The third kappa shape index (κ3) is 2.23. The maximum Gasteiger partial charge on any atom is 0.0703 e. The summed E-state index contributed by atoms with van der Waals surface area (Å²) < 4.78 is 5.62. The van der Waals surface area contributed by atoms with Crippen molar-refractivity contribution in [3.8, 4) is 0 Å². The fourth-order valence-corrected chi connectivity index (χ4v) is 2.23. The quantitative estimate of drug-likeness (QED) is 0.717. The van der Waals surface area contributed by atoms with Crippen molar-refractivity contribution < 1.29 is 9.84 Å². The lowest BCUT2D eigenvalue weighted by Crippen LogP contribution is -2.45. The van der Waals surface area contributed by atoms with E-state index in [4.69, 9.17) is 4.74 Å². The molecule has 1 N–H and O–H groups in total. The summed E-state index contributed by atoms with van der Waals surface area (Å²) in [4.78, 5) is 0. The highest BCUT2D eigenvalue weighted by atomic mass is 16.5. The van der Waals surface area contributed by atoms with Crippen LogP contribution in [0.5, 0.6) is 0 Å². The summed E-state index contributed by atoms with van der Waals surface area (Å²) >= 11 is 0. The molecule has 0 heterocycles. The fourth-order valence-electron chi connectivity index (χ4n) is 2.23. The van der Waals surface area contributed by atoms with E-state index in [9.17, 15) is 5.11 Å². The molecule has 1 rings (SSSR count). The van der Waals surface area contributed by atoms with E-state index in [1.807, 2.05) is 6.92 Å². The second kappa shape index (κ2) is 3.58. The molecular formula is C11H22O2. The first-order valence-electron chi connectivity index (χ1n) is 5.19. The standard InChI is InChI=1S/C11H22O2/c1-9(2)11(13-4)7-5-10(3,12)6-8-11/h9,12H,5-8H2,1-4H3. The van der Waals surface area contributed by atoms with Crippen molar-refractivity contribution in [2.24, 2.45) is 5.92 Å². The largest absolute Gasteiger partial charge is 0.390 e. The van der Waals surface area contributed by atoms with E-state index >= 15 is 0 Å². The van der Waals surface area contributed by atoms with Crippen molar-refractivity contribution in [3.05, 3.63) is 0 Å². The first-order chi connectivity index (χ1) is 5.92. The monoisotopic (exact) mass is 186 g/mol. The lowest BCUT2D eigenvalue weighted by atomic mass is 9.72. The van der Waals surface area contributed by atoms with E-state index in [-0.39, 0.29) is 5.60 Å². The molecule has 0 aromatic carbocycles. The van der Waals surface area contributed by atoms with Crippen molar-refractivity contribution in [2.75, 3.05) is 7.11 Å². The second-order valence-corrected chi connectivity index (χ2v) is 4.92. The summed E-state index contributed by atoms with van der Waals surface area (Å²) in [7, 11) is 1.79. The van der Waals surface area contributed by atoms with Crippen molar-refractivity contribution in [1.29, 1.82) is 0 Å². The van der Waals surface area contributed by atoms with Gasteiger partial charge in [0.2, 0.25) is 0 Å². The van der Waals surface area contributed by atoms with Gasteiger partial charge in [0.1, 0.15) is 0 Å². The summed E-state index contributed by atoms with van der Waals surface area (Å²) in [5, 5.41) is 9.83. The number of ether oxygens (including phenoxy) is 1. The van der Waals surface area contributed by atoms with E-state index in [1.54, 1.807) is 7.11 Å². The van der Waals surface area contributed by atoms with E-state index in [0.29, 0.717) is 5.92 Å². The molecular weight excluding hydrogens is 164 g/mol. The van der Waals surface area contributed by atoms with Crippen LogP contribution in [0.1, 0.15) is 46.5 Å². The Balaban J connectivity index is 2.63. The Morgan fingerprint density at radius 2 is 1.62 bits per heavy atom. The predicted molar refractivity (Wildman–Crippen MR) is 53.7 cm³/mol. The summed E-state index contributed by atoms with van der Waals surface area (Å²) in [6.45, 7) is 6.32. The predicted octanol–water partition coefficient (Wildman–Crippen LogP) is 2.35. The summed E-state index contributed by atoms with van der Waals surface area (Å²) in [6.07, 6.45) is 3.68. The van der Waals surface area contributed by atoms with Crippen LogP contribution in [0.4, 0.5) is 0 Å². The third-order valence-corrected chi connectivity index (χ3v) is 3.63. The van der Waals surface area contributed by atoms with E-state index in [2.05, 4.69) is 13.8 Å². The first kappa shape index (κ1) is 11.0. The van der Waals surface area contributed by atoms with Gasteiger partial charge in [-0.1, -0.05) is 13.8 Å². The van der Waals surface area contributed by atoms with Crippen LogP contribution in [0.3, 0.4) is 0 Å². The van der Waals surface area contributed by atoms with E-state index in [0.717, 1.165) is 25.7 Å². The fraction of sp³-hybridized carbons (Fsp3) is 1.00. The molecule has 1 fully saturated rings. The van der Waals surface area contributed by atoms with Crippen LogP contribution in [0.25, 0.3) is 0 Å². The number of rotatable bonds is 2. The zero-order chi connectivity index (χ0) is 10.1. The molecule has 0 amide bonds. The molecule has 0 spiro atoms. The topological polar surface area (TPSA) is 29.5 Å². The van der Waals surface area contributed by atoms with Gasteiger partial charge in [-0.05, 0) is 38.5 Å². The van der Waals surface area contributed by atoms with Gasteiger partial charge in [-0.25, -0.2) is 0 Å². The van der Waals surface area contributed by atoms with Gasteiger partial charge in [0.25, 0.3) is 0 Å². The molecule has 0 saturated heterocycles. The minimum atomic E-state index is -0.461. The Hall–Kier alpha value is -0.0800. The first-order valence-corrected chi connectivity index (χ1v) is 5.19. The molecule has 2 nitrogen and oxygen atoms in total. The normalized spacial score (nSPS) is 41.1. The maximum atomic E-state index is 9.83. The number of hydrogen-bond acceptors (Lipinski definition) is 2. The smallest absolute Gasteiger partial charge is 0.0703 e. The highest BCUT2D eigenvalue weighted by Crippen LogP contribution is 2.40. The summed E-state index contributed by atoms with van der Waals surface area (Å²) in [5.41, 5.74) is -0.445. The van der Waals surface area contributed by atoms with Crippen LogP contribution in [0.2, 0.25) is 0 Å². The van der Waals surface area contributed by atoms with Crippen LogP contribution in [0.15, 0.2) is 0 Å². The molecule has 0 aromatic heterocycles. The van der Waals surface area contributed by atoms with Gasteiger partial charge in [-0.15, -0.1) is 0 Å². The highest BCUT2D eigenvalue weighted by molar-refractivity contribution is 4.93. The van der Waals surface area contributed by atoms with Crippen molar-refractivity contribution in [1.82, 2.24) is 0 Å². The molecule has 0 bridgehead atoms. The Morgan fingerprint density at radius 1 is 1.15 bits per heavy atom. The van der Waals surface area contributed by atoms with Gasteiger partial charge in [-0.3, -0.25) is 0 Å². The zero-order valence-electron chi connectivity index (χ0n) is 9.26. The zero-order valence-corrected chi connectivity index (χ0v) is 9.26. The number of hydrogen-bond donors (Lipinski definition) is 1. The van der Waals surface area contributed by atoms with E-state index < -0.39 is 5.60 Å². The van der Waals surface area contributed by atoms with Gasteiger partial charge < -0.3 is 9.84 Å². The summed E-state index contributed by atoms with van der Waals surface area (Å²) in [5.74, 6) is 0.536. The molecule has 1 aliphatic rings. The maximum absolute atomic E-state index is 9.83. The average molecular weight is 186 g/mol. The summed E-state index contributed by atoms with van der Waals surface area (Å²) in [6, 6.07) is 0. The lowest BCUT2D eigenvalue weighted by Gasteiger charge is -2.44. The number of aliphatic hydroxyl groups is 1. The Morgan fingerprint density at radius 3 is 1.92 bits per heavy atom. The molecule has 78 valence electrons. The van der Waals surface area contributed by atoms with Crippen LogP contribution < -0.4 is 0 Å². The Bertz CT molecular complexity index is 163. The van der Waals surface area contributed by atoms with Crippen LogP contribution in [-0.4, -0.2) is 23.4 Å². The molecule has 0 aliphatic heterocycles. The van der Waals surface area contributed by atoms with Gasteiger partial charge in [0.05, 0.1) is 11.2 Å². The average Bonchev–Trinajstić information content (AvgIpc) is 2.05. The Kier molecular flexibility index (Phi) is 3.03. The van der Waals surface area contributed by atoms with Crippen molar-refractivity contribution >= 4 is 0 Å². The molecule has 0 unspecified atom stereocenters. The second-order valence-electron chi connectivity index (χ2n) is 4.92. The van der Waals surface area contributed by atoms with Crippen LogP contribution in [-0.2, 0) is 4.74 Å². The molecule has 1 aliphatic carbocycles. The molecule has 2 heteroatoms. The third-order valence-electron chi connectivity index (χ3n) is 3.63. The van der Waals surface area contributed by atoms with Crippen LogP contribution >= 0.6 is 0 Å². The van der Waals surface area contributed by atoms with E-state index in [1.165, 1.54) is 0 Å². The van der Waals surface area contributed by atoms with Gasteiger partial charge in [0, 0.05) is 7.11 Å². The SMILES string of the molecule is COC1(C(C)C)CCC(C)(O)CC1. The molecule has 0 atom stereocenters. The lowest BCUT2D eigenvalue weighted by molar-refractivity contribution is -0.117. The molecule has 1 saturated carbocycles. The van der Waals surface area contributed by atoms with Crippen LogP contribution in [0, 0.1) is 5.92 Å². The molecule has 13 heavy (non-hydrogen) atoms. The molecule has 0 aromatic rings. The minimum Gasteiger partial charge on any atom is -0.390 e. The van der Waals surface area contributed by atoms with Crippen molar-refractivity contribution in [2.45, 2.75) is 57.7 Å². The van der Waals surface area contributed by atoms with Gasteiger partial charge in [0.15, 0.2) is 0 Å². The minimum absolute atomic E-state index is 0.0161.